The topological polar surface area (TPSA) is 123 Å². The summed E-state index contributed by atoms with van der Waals surface area (Å²) in [5.41, 5.74) is -0.625. The Labute approximate surface area is 240 Å². The average Bonchev–Trinajstić information content (AvgIpc) is 3.68. The second-order valence-corrected chi connectivity index (χ2v) is 12.2. The average molecular weight is 565 g/mol. The van der Waals surface area contributed by atoms with Crippen LogP contribution in [0.5, 0.6) is 0 Å². The van der Waals surface area contributed by atoms with Gasteiger partial charge < -0.3 is 29.5 Å². The molecule has 0 aromatic carbocycles. The summed E-state index contributed by atoms with van der Waals surface area (Å²) in [6.45, 7) is 12.9. The van der Waals surface area contributed by atoms with Crippen molar-refractivity contribution in [3.05, 3.63) is 36.0 Å². The molecule has 1 aliphatic carbocycles. The van der Waals surface area contributed by atoms with Crippen LogP contribution in [0.3, 0.4) is 0 Å². The van der Waals surface area contributed by atoms with Crippen LogP contribution in [0.2, 0.25) is 0 Å². The Morgan fingerprint density at radius 2 is 1.93 bits per heavy atom. The summed E-state index contributed by atoms with van der Waals surface area (Å²) in [5, 5.41) is 32.3. The molecule has 0 unspecified atom stereocenters. The van der Waals surface area contributed by atoms with Gasteiger partial charge in [-0.1, -0.05) is 52.0 Å². The number of aliphatic hydroxyl groups excluding tert-OH is 2. The summed E-state index contributed by atoms with van der Waals surface area (Å²) in [6, 6.07) is 0. The molecule has 0 amide bonds. The second kappa shape index (κ2) is 15.3. The van der Waals surface area contributed by atoms with Crippen LogP contribution in [0.25, 0.3) is 0 Å². The number of carbonyl (C=O) groups excluding carboxylic acids is 2. The zero-order valence-corrected chi connectivity index (χ0v) is 25.6. The SMILES string of the molecule is CC[C@H](OC)[C@@H](C)[C@@H]1C[C@@H]1[C@H](O)[C@H](C)C=CC=C(C)[C@H]1OC(=O)C[C@H](O)CC[C@@](C)(O)[C@@H](OC(C)=O)C=C[C@@H]1C. The van der Waals surface area contributed by atoms with Crippen LogP contribution in [0.1, 0.15) is 80.6 Å². The van der Waals surface area contributed by atoms with Crippen LogP contribution in [-0.4, -0.2) is 70.5 Å². The van der Waals surface area contributed by atoms with Crippen molar-refractivity contribution in [1.82, 2.24) is 0 Å². The third-order valence-electron chi connectivity index (χ3n) is 8.68. The predicted octanol–water partition coefficient (Wildman–Crippen LogP) is 4.51. The monoisotopic (exact) mass is 564 g/mol. The number of ether oxygens (including phenoxy) is 3. The van der Waals surface area contributed by atoms with Crippen molar-refractivity contribution in [3.63, 3.8) is 0 Å². The Morgan fingerprint density at radius 1 is 1.25 bits per heavy atom. The number of hydrogen-bond acceptors (Lipinski definition) is 8. The maximum Gasteiger partial charge on any atom is 0.309 e. The van der Waals surface area contributed by atoms with Crippen molar-refractivity contribution in [2.24, 2.45) is 29.6 Å². The number of cyclic esters (lactones) is 1. The van der Waals surface area contributed by atoms with E-state index in [4.69, 9.17) is 14.2 Å². The quantitative estimate of drug-likeness (QED) is 0.201. The van der Waals surface area contributed by atoms with E-state index < -0.39 is 42.0 Å². The van der Waals surface area contributed by atoms with Gasteiger partial charge in [0.15, 0.2) is 0 Å². The third-order valence-corrected chi connectivity index (χ3v) is 8.68. The summed E-state index contributed by atoms with van der Waals surface area (Å²) in [5.74, 6) is -0.272. The summed E-state index contributed by atoms with van der Waals surface area (Å²) in [6.07, 6.45) is 8.42. The number of methoxy groups -OCH3 is 1. The largest absolute Gasteiger partial charge is 0.457 e. The molecule has 1 saturated carbocycles. The molecule has 0 spiro atoms. The molecule has 2 aliphatic rings. The lowest BCUT2D eigenvalue weighted by Gasteiger charge is -2.32. The molecule has 11 atom stereocenters. The van der Waals surface area contributed by atoms with Gasteiger partial charge in [0.25, 0.3) is 0 Å². The Balaban J connectivity index is 2.16. The minimum atomic E-state index is -1.41. The van der Waals surface area contributed by atoms with Gasteiger partial charge >= 0.3 is 11.9 Å². The smallest absolute Gasteiger partial charge is 0.309 e. The van der Waals surface area contributed by atoms with Crippen molar-refractivity contribution in [2.45, 2.75) is 117 Å². The van der Waals surface area contributed by atoms with Crippen LogP contribution in [0.4, 0.5) is 0 Å². The maximum atomic E-state index is 12.6. The van der Waals surface area contributed by atoms with Crippen molar-refractivity contribution in [2.75, 3.05) is 7.11 Å². The van der Waals surface area contributed by atoms with Crippen molar-refractivity contribution in [3.8, 4) is 0 Å². The molecule has 228 valence electrons. The van der Waals surface area contributed by atoms with E-state index in [1.54, 1.807) is 26.2 Å². The molecule has 1 heterocycles. The van der Waals surface area contributed by atoms with Crippen LogP contribution < -0.4 is 0 Å². The molecule has 2 rings (SSSR count). The zero-order valence-electron chi connectivity index (χ0n) is 25.6. The Morgan fingerprint density at radius 3 is 2.52 bits per heavy atom. The van der Waals surface area contributed by atoms with Gasteiger partial charge in [0.05, 0.1) is 24.7 Å². The third kappa shape index (κ3) is 9.82. The van der Waals surface area contributed by atoms with E-state index in [9.17, 15) is 24.9 Å². The predicted molar refractivity (Wildman–Crippen MR) is 154 cm³/mol. The lowest BCUT2D eigenvalue weighted by atomic mass is 9.88. The van der Waals surface area contributed by atoms with Crippen molar-refractivity contribution in [1.29, 1.82) is 0 Å². The number of esters is 2. The fraction of sp³-hybridized carbons (Fsp3) is 0.750. The molecule has 3 N–H and O–H groups in total. The second-order valence-electron chi connectivity index (χ2n) is 12.2. The number of rotatable bonds is 10. The highest BCUT2D eigenvalue weighted by molar-refractivity contribution is 5.70. The van der Waals surface area contributed by atoms with Gasteiger partial charge in [-0.2, -0.15) is 0 Å². The molecule has 0 aromatic heterocycles. The fourth-order valence-electron chi connectivity index (χ4n) is 5.87. The van der Waals surface area contributed by atoms with Gasteiger partial charge in [0, 0.05) is 25.9 Å². The van der Waals surface area contributed by atoms with Gasteiger partial charge in [0.2, 0.25) is 0 Å². The van der Waals surface area contributed by atoms with Crippen LogP contribution >= 0.6 is 0 Å². The molecular formula is C32H52O8. The molecule has 8 heteroatoms. The normalized spacial score (nSPS) is 35.2. The van der Waals surface area contributed by atoms with E-state index >= 15 is 0 Å². The van der Waals surface area contributed by atoms with Gasteiger partial charge in [-0.15, -0.1) is 0 Å². The van der Waals surface area contributed by atoms with Gasteiger partial charge in [-0.05, 0) is 68.9 Å². The standard InChI is InChI=1S/C32H52O8/c1-9-27(38-8)22(5)25-18-26(25)30(36)19(2)11-10-12-20(3)31-21(4)13-14-28(39-23(6)33)32(7,37)16-15-24(34)17-29(35)40-31/h10-14,19,21-22,24-28,30-31,34,36-37H,9,15-18H2,1-8H3/t19-,21+,22+,24-,25+,26+,27+,28+,30-,31-,32-/m1/s1. The van der Waals surface area contributed by atoms with Crippen molar-refractivity contribution < 1.29 is 39.1 Å². The molecule has 8 nitrogen and oxygen atoms in total. The van der Waals surface area contributed by atoms with Crippen LogP contribution in [-0.2, 0) is 23.8 Å². The van der Waals surface area contributed by atoms with E-state index in [1.807, 2.05) is 39.0 Å². The minimum absolute atomic E-state index is 0.0492. The molecule has 1 aliphatic heterocycles. The number of hydrogen-bond donors (Lipinski definition) is 3. The van der Waals surface area contributed by atoms with Gasteiger partial charge in [-0.3, -0.25) is 9.59 Å². The lowest BCUT2D eigenvalue weighted by molar-refractivity contribution is -0.157. The first kappa shape index (κ1) is 34.2. The van der Waals surface area contributed by atoms with Crippen molar-refractivity contribution >= 4 is 11.9 Å². The zero-order chi connectivity index (χ0) is 30.2. The molecule has 0 saturated heterocycles. The lowest BCUT2D eigenvalue weighted by Crippen LogP contribution is -2.42. The summed E-state index contributed by atoms with van der Waals surface area (Å²) < 4.78 is 16.8. The first-order valence-electron chi connectivity index (χ1n) is 14.7. The van der Waals surface area contributed by atoms with Crippen LogP contribution in [0.15, 0.2) is 36.0 Å². The maximum absolute atomic E-state index is 12.6. The van der Waals surface area contributed by atoms with Crippen LogP contribution in [0, 0.1) is 29.6 Å². The highest BCUT2D eigenvalue weighted by Crippen LogP contribution is 2.49. The molecule has 0 aromatic rings. The molecule has 40 heavy (non-hydrogen) atoms. The van der Waals surface area contributed by atoms with Gasteiger partial charge in [-0.25, -0.2) is 0 Å². The number of carbonyl (C=O) groups is 2. The minimum Gasteiger partial charge on any atom is -0.457 e. The van der Waals surface area contributed by atoms with E-state index in [0.717, 1.165) is 18.4 Å². The number of allylic oxidation sites excluding steroid dienone is 2. The van der Waals surface area contributed by atoms with E-state index in [1.165, 1.54) is 6.92 Å². The Kier molecular flexibility index (Phi) is 13.1. The molecule has 0 radical (unpaired) electrons. The fourth-order valence-corrected chi connectivity index (χ4v) is 5.87. The Bertz CT molecular complexity index is 918. The van der Waals surface area contributed by atoms with E-state index in [0.29, 0.717) is 11.8 Å². The number of aliphatic hydroxyl groups is 3. The summed E-state index contributed by atoms with van der Waals surface area (Å²) >= 11 is 0. The first-order valence-corrected chi connectivity index (χ1v) is 14.7. The van der Waals surface area contributed by atoms with E-state index in [-0.39, 0.29) is 43.1 Å². The molecule has 0 bridgehead atoms. The molecule has 1 fully saturated rings. The highest BCUT2D eigenvalue weighted by Gasteiger charge is 2.48. The molecular weight excluding hydrogens is 512 g/mol. The summed E-state index contributed by atoms with van der Waals surface area (Å²) in [7, 11) is 1.75. The first-order chi connectivity index (χ1) is 18.7. The summed E-state index contributed by atoms with van der Waals surface area (Å²) in [4.78, 5) is 24.3. The van der Waals surface area contributed by atoms with E-state index in [2.05, 4.69) is 13.8 Å². The highest BCUT2D eigenvalue weighted by atomic mass is 16.6. The van der Waals surface area contributed by atoms with Gasteiger partial charge in [0.1, 0.15) is 17.8 Å². The Hall–Kier alpha value is -2.00.